The van der Waals surface area contributed by atoms with Crippen molar-refractivity contribution in [3.8, 4) is 0 Å². The fraction of sp³-hybridized carbons (Fsp3) is 0.750. The number of rotatable bonds is 1. The van der Waals surface area contributed by atoms with Crippen molar-refractivity contribution in [1.82, 2.24) is 5.32 Å². The van der Waals surface area contributed by atoms with E-state index in [1.165, 1.54) is 7.11 Å². The van der Waals surface area contributed by atoms with Crippen molar-refractivity contribution >= 4 is 47.2 Å². The number of hydrogen-bond donors (Lipinski definition) is 1. The van der Waals surface area contributed by atoms with Gasteiger partial charge in [0.2, 0.25) is 5.91 Å². The van der Waals surface area contributed by atoms with Crippen molar-refractivity contribution in [1.29, 1.82) is 0 Å². The molecule has 0 bridgehead atoms. The van der Waals surface area contributed by atoms with Crippen molar-refractivity contribution in [2.24, 2.45) is 5.92 Å². The summed E-state index contributed by atoms with van der Waals surface area (Å²) in [6.07, 6.45) is 5.12. The summed E-state index contributed by atoms with van der Waals surface area (Å²) in [5, 5.41) is 2.87. The Kier molecular flexibility index (Phi) is 5.37. The number of Topliss-reactive ketones (excluding diaryl/α,β-unsaturated/α-hetero) is 1. The average Bonchev–Trinajstić information content (AvgIpc) is 2.28. The molecule has 1 N–H and O–H groups in total. The zero-order chi connectivity index (χ0) is 12.5. The Morgan fingerprint density at radius 3 is 2.39 bits per heavy atom. The van der Waals surface area contributed by atoms with Crippen LogP contribution in [0.1, 0.15) is 38.5 Å². The molecule has 5 nitrogen and oxygen atoms in total. The van der Waals surface area contributed by atoms with Gasteiger partial charge in [-0.2, -0.15) is 0 Å². The van der Waals surface area contributed by atoms with Gasteiger partial charge in [-0.1, -0.05) is 19.3 Å². The number of nitrogens with one attached hydrogen (secondary N) is 1. The summed E-state index contributed by atoms with van der Waals surface area (Å²) in [5.74, 6) is -2.80. The van der Waals surface area contributed by atoms with E-state index < -0.39 is 23.3 Å². The maximum absolute atomic E-state index is 11.9. The number of ether oxygens (including phenoxy) is 1. The Labute approximate surface area is 128 Å². The van der Waals surface area contributed by atoms with Crippen LogP contribution in [0, 0.1) is 5.92 Å². The molecule has 0 aromatic rings. The molecule has 1 heterocycles. The molecule has 1 saturated heterocycles. The number of methoxy groups -OCH3 is 1. The second-order valence-corrected chi connectivity index (χ2v) is 4.93. The molecule has 1 atom stereocenters. The standard InChI is InChI=1S/C12H17NO4.Na.H/c1-17-11(16)9-8(14)7-12(13-10(9)15)5-3-2-4-6-12;;/h9H,2-7H2,1H3,(H,13,15);;. The van der Waals surface area contributed by atoms with Gasteiger partial charge in [-0.05, 0) is 12.8 Å². The SMILES string of the molecule is COC(=O)C1C(=O)CC2(CCCCC2)NC1=O.[NaH]. The second-order valence-electron chi connectivity index (χ2n) is 4.93. The van der Waals surface area contributed by atoms with E-state index in [1.54, 1.807) is 0 Å². The zero-order valence-electron chi connectivity index (χ0n) is 9.95. The van der Waals surface area contributed by atoms with Crippen molar-refractivity contribution in [3.63, 3.8) is 0 Å². The molecule has 2 aliphatic rings. The fourth-order valence-electron chi connectivity index (χ4n) is 2.85. The van der Waals surface area contributed by atoms with Gasteiger partial charge < -0.3 is 10.1 Å². The Morgan fingerprint density at radius 1 is 1.28 bits per heavy atom. The van der Waals surface area contributed by atoms with Gasteiger partial charge in [0.25, 0.3) is 0 Å². The molecule has 1 aliphatic heterocycles. The Hall–Kier alpha value is -0.390. The normalized spacial score (nSPS) is 26.2. The number of esters is 1. The fourth-order valence-corrected chi connectivity index (χ4v) is 2.85. The van der Waals surface area contributed by atoms with Gasteiger partial charge in [0, 0.05) is 12.0 Å². The van der Waals surface area contributed by atoms with E-state index >= 15 is 0 Å². The third-order valence-electron chi connectivity index (χ3n) is 3.73. The van der Waals surface area contributed by atoms with E-state index in [0.717, 1.165) is 32.1 Å². The molecule has 1 unspecified atom stereocenters. The van der Waals surface area contributed by atoms with E-state index in [1.807, 2.05) is 0 Å². The summed E-state index contributed by atoms with van der Waals surface area (Å²) in [4.78, 5) is 35.1. The molecule has 1 saturated carbocycles. The van der Waals surface area contributed by atoms with Crippen LogP contribution in [0.3, 0.4) is 0 Å². The van der Waals surface area contributed by atoms with Crippen LogP contribution in [-0.4, -0.2) is 59.9 Å². The first-order valence-corrected chi connectivity index (χ1v) is 6.00. The molecule has 1 amide bonds. The molecule has 1 spiro atoms. The summed E-state index contributed by atoms with van der Waals surface area (Å²) in [6, 6.07) is 0. The molecule has 18 heavy (non-hydrogen) atoms. The summed E-state index contributed by atoms with van der Waals surface area (Å²) in [7, 11) is 1.19. The van der Waals surface area contributed by atoms with Crippen LogP contribution >= 0.6 is 0 Å². The summed E-state index contributed by atoms with van der Waals surface area (Å²) in [6.45, 7) is 0. The summed E-state index contributed by atoms with van der Waals surface area (Å²) in [5.41, 5.74) is -0.392. The molecule has 2 fully saturated rings. The predicted octanol–water partition coefficient (Wildman–Crippen LogP) is -0.0810. The van der Waals surface area contributed by atoms with Crippen molar-refractivity contribution in [3.05, 3.63) is 0 Å². The van der Waals surface area contributed by atoms with Gasteiger partial charge in [0.05, 0.1) is 7.11 Å². The van der Waals surface area contributed by atoms with E-state index in [9.17, 15) is 14.4 Å². The minimum absolute atomic E-state index is 0. The quantitative estimate of drug-likeness (QED) is 0.408. The van der Waals surface area contributed by atoms with Crippen LogP contribution < -0.4 is 5.32 Å². The number of amides is 1. The number of carbonyl (C=O) groups is 3. The third kappa shape index (κ3) is 2.95. The maximum atomic E-state index is 11.9. The van der Waals surface area contributed by atoms with Gasteiger partial charge in [0.1, 0.15) is 0 Å². The molecule has 0 aromatic heterocycles. The first-order chi connectivity index (χ1) is 8.08. The van der Waals surface area contributed by atoms with Crippen LogP contribution in [0.15, 0.2) is 0 Å². The number of piperidine rings is 1. The van der Waals surface area contributed by atoms with Crippen molar-refractivity contribution < 1.29 is 19.1 Å². The third-order valence-corrected chi connectivity index (χ3v) is 3.73. The molecule has 0 radical (unpaired) electrons. The molecule has 96 valence electrons. The molecular formula is C12H18NNaO4. The van der Waals surface area contributed by atoms with E-state index in [-0.39, 0.29) is 41.8 Å². The van der Waals surface area contributed by atoms with Gasteiger partial charge >= 0.3 is 35.5 Å². The summed E-state index contributed by atoms with van der Waals surface area (Å²) < 4.78 is 4.49. The zero-order valence-corrected chi connectivity index (χ0v) is 9.95. The number of carbonyl (C=O) groups excluding carboxylic acids is 3. The Bertz CT molecular complexity index is 343. The van der Waals surface area contributed by atoms with Gasteiger partial charge in [0.15, 0.2) is 11.7 Å². The molecule has 1 aliphatic carbocycles. The first kappa shape index (κ1) is 15.7. The van der Waals surface area contributed by atoms with E-state index in [2.05, 4.69) is 10.1 Å². The van der Waals surface area contributed by atoms with E-state index in [4.69, 9.17) is 0 Å². The topological polar surface area (TPSA) is 72.5 Å². The van der Waals surface area contributed by atoms with Crippen LogP contribution in [0.5, 0.6) is 0 Å². The van der Waals surface area contributed by atoms with Gasteiger partial charge in [-0.3, -0.25) is 14.4 Å². The Morgan fingerprint density at radius 2 is 1.89 bits per heavy atom. The minimum atomic E-state index is -1.26. The molecule has 2 rings (SSSR count). The first-order valence-electron chi connectivity index (χ1n) is 6.00. The van der Waals surface area contributed by atoms with Crippen LogP contribution in [-0.2, 0) is 19.1 Å². The van der Waals surface area contributed by atoms with Crippen molar-refractivity contribution in [2.45, 2.75) is 44.1 Å². The molecule has 6 heteroatoms. The van der Waals surface area contributed by atoms with Gasteiger partial charge in [-0.15, -0.1) is 0 Å². The number of ketones is 1. The van der Waals surface area contributed by atoms with Crippen LogP contribution in [0.25, 0.3) is 0 Å². The second kappa shape index (κ2) is 6.17. The molecular weight excluding hydrogens is 245 g/mol. The summed E-state index contributed by atoms with van der Waals surface area (Å²) >= 11 is 0. The predicted molar refractivity (Wildman–Crippen MR) is 66.2 cm³/mol. The number of hydrogen-bond acceptors (Lipinski definition) is 4. The van der Waals surface area contributed by atoms with Crippen LogP contribution in [0.2, 0.25) is 0 Å². The Balaban J connectivity index is 0.00000162. The van der Waals surface area contributed by atoms with Crippen molar-refractivity contribution in [2.75, 3.05) is 7.11 Å². The van der Waals surface area contributed by atoms with E-state index in [0.29, 0.717) is 0 Å². The molecule has 0 aromatic carbocycles. The average molecular weight is 263 g/mol. The monoisotopic (exact) mass is 263 g/mol. The van der Waals surface area contributed by atoms with Crippen LogP contribution in [0.4, 0.5) is 0 Å². The van der Waals surface area contributed by atoms with Gasteiger partial charge in [-0.25, -0.2) is 0 Å².